The molecule has 7 nitrogen and oxygen atoms in total. The van der Waals surface area contributed by atoms with Gasteiger partial charge in [0.1, 0.15) is 0 Å². The summed E-state index contributed by atoms with van der Waals surface area (Å²) in [5, 5.41) is 4.25. The number of aromatic nitrogens is 4. The molecule has 0 aliphatic carbocycles. The number of halogens is 3. The Bertz CT molecular complexity index is 806. The summed E-state index contributed by atoms with van der Waals surface area (Å²) < 4.78 is 45.2. The molecule has 1 aliphatic heterocycles. The van der Waals surface area contributed by atoms with Crippen molar-refractivity contribution in [3.63, 3.8) is 0 Å². The van der Waals surface area contributed by atoms with Crippen molar-refractivity contribution >= 4 is 5.69 Å². The molecule has 2 aromatic rings. The highest BCUT2D eigenvalue weighted by Crippen LogP contribution is 2.29. The second kappa shape index (κ2) is 5.93. The molecule has 0 radical (unpaired) electrons. The summed E-state index contributed by atoms with van der Waals surface area (Å²) in [6.45, 7) is 5.97. The van der Waals surface area contributed by atoms with E-state index < -0.39 is 17.4 Å². The Balaban J connectivity index is 2.08. The highest BCUT2D eigenvalue weighted by molar-refractivity contribution is 5.56. The molecule has 1 N–H and O–H groups in total. The molecule has 1 aliphatic rings. The average molecular weight is 343 g/mol. The first-order valence-electron chi connectivity index (χ1n) is 7.35. The molecule has 0 atom stereocenters. The van der Waals surface area contributed by atoms with Gasteiger partial charge in [0.05, 0.1) is 30.3 Å². The molecule has 24 heavy (non-hydrogen) atoms. The van der Waals surface area contributed by atoms with E-state index in [0.29, 0.717) is 43.8 Å². The number of aryl methyl sites for hydroxylation is 1. The molecule has 0 unspecified atom stereocenters. The van der Waals surface area contributed by atoms with Crippen LogP contribution in [-0.4, -0.2) is 46.1 Å². The van der Waals surface area contributed by atoms with E-state index in [0.717, 1.165) is 5.69 Å². The van der Waals surface area contributed by atoms with E-state index in [1.807, 2.05) is 0 Å². The molecule has 10 heteroatoms. The Morgan fingerprint density at radius 1 is 1.25 bits per heavy atom. The van der Waals surface area contributed by atoms with Crippen LogP contribution in [0.5, 0.6) is 0 Å². The first kappa shape index (κ1) is 16.5. The van der Waals surface area contributed by atoms with Crippen LogP contribution in [0.4, 0.5) is 18.9 Å². The van der Waals surface area contributed by atoms with Gasteiger partial charge in [0.25, 0.3) is 5.56 Å². The first-order chi connectivity index (χ1) is 11.3. The van der Waals surface area contributed by atoms with Gasteiger partial charge < -0.3 is 9.64 Å². The highest BCUT2D eigenvalue weighted by Gasteiger charge is 2.34. The smallest absolute Gasteiger partial charge is 0.378 e. The molecule has 1 saturated heterocycles. The molecule has 1 fully saturated rings. The van der Waals surface area contributed by atoms with Crippen LogP contribution in [-0.2, 0) is 10.9 Å². The van der Waals surface area contributed by atoms with Crippen LogP contribution in [0.15, 0.2) is 10.9 Å². The van der Waals surface area contributed by atoms with Crippen molar-refractivity contribution in [1.82, 2.24) is 19.7 Å². The van der Waals surface area contributed by atoms with Crippen molar-refractivity contribution in [3.05, 3.63) is 33.5 Å². The Morgan fingerprint density at radius 2 is 1.92 bits per heavy atom. The number of morpholine rings is 1. The lowest BCUT2D eigenvalue weighted by molar-refractivity contribution is -0.141. The predicted octanol–water partition coefficient (Wildman–Crippen LogP) is 1.43. The zero-order valence-corrected chi connectivity index (χ0v) is 13.1. The molecule has 3 rings (SSSR count). The fourth-order valence-electron chi connectivity index (χ4n) is 2.78. The fraction of sp³-hybridized carbons (Fsp3) is 0.500. The molecule has 130 valence electrons. The molecule has 3 heterocycles. The molecule has 0 aromatic carbocycles. The van der Waals surface area contributed by atoms with Crippen LogP contribution in [0.25, 0.3) is 5.95 Å². The monoisotopic (exact) mass is 343 g/mol. The lowest BCUT2D eigenvalue weighted by atomic mass is 10.2. The highest BCUT2D eigenvalue weighted by atomic mass is 19.4. The van der Waals surface area contributed by atoms with Crippen LogP contribution < -0.4 is 10.5 Å². The minimum atomic E-state index is -4.70. The minimum absolute atomic E-state index is 0.255. The van der Waals surface area contributed by atoms with Crippen molar-refractivity contribution in [2.45, 2.75) is 20.0 Å². The summed E-state index contributed by atoms with van der Waals surface area (Å²) in [7, 11) is 0. The third-order valence-corrected chi connectivity index (χ3v) is 3.80. The lowest BCUT2D eigenvalue weighted by Gasteiger charge is -2.29. The summed E-state index contributed by atoms with van der Waals surface area (Å²) >= 11 is 0. The Hall–Kier alpha value is -2.36. The topological polar surface area (TPSA) is 76.0 Å². The number of anilines is 1. The number of hydrogen-bond acceptors (Lipinski definition) is 5. The van der Waals surface area contributed by atoms with E-state index in [4.69, 9.17) is 4.74 Å². The van der Waals surface area contributed by atoms with Crippen molar-refractivity contribution in [3.8, 4) is 5.95 Å². The van der Waals surface area contributed by atoms with E-state index in [1.165, 1.54) is 4.68 Å². The third kappa shape index (κ3) is 3.01. The summed E-state index contributed by atoms with van der Waals surface area (Å²) in [5.41, 5.74) is -0.0563. The van der Waals surface area contributed by atoms with Crippen LogP contribution in [0, 0.1) is 13.8 Å². The maximum absolute atomic E-state index is 12.9. The van der Waals surface area contributed by atoms with Crippen LogP contribution in [0.1, 0.15) is 17.1 Å². The Morgan fingerprint density at radius 3 is 2.54 bits per heavy atom. The fourth-order valence-corrected chi connectivity index (χ4v) is 2.78. The maximum Gasteiger partial charge on any atom is 0.433 e. The largest absolute Gasteiger partial charge is 0.433 e. The predicted molar refractivity (Wildman–Crippen MR) is 79.5 cm³/mol. The Kier molecular flexibility index (Phi) is 4.08. The maximum atomic E-state index is 12.9. The summed E-state index contributed by atoms with van der Waals surface area (Å²) in [4.78, 5) is 19.5. The van der Waals surface area contributed by atoms with Gasteiger partial charge in [-0.05, 0) is 13.8 Å². The van der Waals surface area contributed by atoms with Gasteiger partial charge in [0.2, 0.25) is 5.95 Å². The van der Waals surface area contributed by atoms with Crippen molar-refractivity contribution in [2.75, 3.05) is 31.2 Å². The number of rotatable bonds is 2. The number of H-pyrrole nitrogens is 1. The second-order valence-corrected chi connectivity index (χ2v) is 5.48. The number of hydrogen-bond donors (Lipinski definition) is 1. The van der Waals surface area contributed by atoms with Gasteiger partial charge in [-0.25, -0.2) is 9.67 Å². The zero-order valence-electron chi connectivity index (χ0n) is 13.1. The van der Waals surface area contributed by atoms with Crippen molar-refractivity contribution < 1.29 is 17.9 Å². The van der Waals surface area contributed by atoms with Gasteiger partial charge in [0, 0.05) is 19.2 Å². The van der Waals surface area contributed by atoms with Gasteiger partial charge in [-0.1, -0.05) is 0 Å². The molecule has 0 bridgehead atoms. The van der Waals surface area contributed by atoms with Gasteiger partial charge in [-0.2, -0.15) is 18.3 Å². The van der Waals surface area contributed by atoms with E-state index in [2.05, 4.69) is 20.0 Å². The van der Waals surface area contributed by atoms with Gasteiger partial charge in [-0.3, -0.25) is 9.78 Å². The molecule has 0 spiro atoms. The molecule has 0 saturated carbocycles. The number of aromatic amines is 1. The van der Waals surface area contributed by atoms with Crippen molar-refractivity contribution in [2.24, 2.45) is 0 Å². The van der Waals surface area contributed by atoms with Crippen LogP contribution in [0.2, 0.25) is 0 Å². The summed E-state index contributed by atoms with van der Waals surface area (Å²) in [6.07, 6.45) is -4.70. The number of alkyl halides is 3. The number of nitrogens with zero attached hydrogens (tertiary/aromatic N) is 4. The van der Waals surface area contributed by atoms with E-state index in [-0.39, 0.29) is 5.95 Å². The quantitative estimate of drug-likeness (QED) is 0.893. The average Bonchev–Trinajstić information content (AvgIpc) is 2.81. The van der Waals surface area contributed by atoms with E-state index >= 15 is 0 Å². The van der Waals surface area contributed by atoms with E-state index in [1.54, 1.807) is 13.8 Å². The minimum Gasteiger partial charge on any atom is -0.378 e. The summed E-state index contributed by atoms with van der Waals surface area (Å²) in [6, 6.07) is 0.429. The summed E-state index contributed by atoms with van der Waals surface area (Å²) in [5.74, 6) is -0.255. The first-order valence-corrected chi connectivity index (χ1v) is 7.35. The second-order valence-electron chi connectivity index (χ2n) is 5.48. The van der Waals surface area contributed by atoms with Gasteiger partial charge in [0.15, 0.2) is 5.69 Å². The Labute approximate surface area is 135 Å². The lowest BCUT2D eigenvalue weighted by Crippen LogP contribution is -2.36. The SMILES string of the molecule is Cc1nn(-c2nc(C(F)(F)F)cc(=O)[nH]2)c(C)c1N1CCOCC1. The normalized spacial score (nSPS) is 15.8. The molecular weight excluding hydrogens is 327 g/mol. The molecule has 2 aromatic heterocycles. The van der Waals surface area contributed by atoms with Crippen LogP contribution >= 0.6 is 0 Å². The number of ether oxygens (including phenoxy) is 1. The zero-order chi connectivity index (χ0) is 17.5. The standard InChI is InChI=1S/C14H16F3N5O2/c1-8-12(21-3-5-24-6-4-21)9(2)22(20-8)13-18-10(14(15,16)17)7-11(23)19-13/h7H,3-6H2,1-2H3,(H,18,19,23). The number of nitrogens with one attached hydrogen (secondary N) is 1. The van der Waals surface area contributed by atoms with Crippen molar-refractivity contribution in [1.29, 1.82) is 0 Å². The molecule has 0 amide bonds. The van der Waals surface area contributed by atoms with Gasteiger partial charge in [-0.15, -0.1) is 0 Å². The van der Waals surface area contributed by atoms with E-state index in [9.17, 15) is 18.0 Å². The molecular formula is C14H16F3N5O2. The van der Waals surface area contributed by atoms with Gasteiger partial charge >= 0.3 is 6.18 Å². The third-order valence-electron chi connectivity index (χ3n) is 3.80. The van der Waals surface area contributed by atoms with Crippen LogP contribution in [0.3, 0.4) is 0 Å².